The fourth-order valence-corrected chi connectivity index (χ4v) is 1.41. The number of ether oxygens (including phenoxy) is 1. The highest BCUT2D eigenvalue weighted by Gasteiger charge is 1.98. The highest BCUT2D eigenvalue weighted by Crippen LogP contribution is 2.06. The first-order chi connectivity index (χ1) is 9.78. The second-order valence-electron chi connectivity index (χ2n) is 3.79. The fourth-order valence-electron chi connectivity index (χ4n) is 1.41. The predicted molar refractivity (Wildman–Crippen MR) is 75.1 cm³/mol. The van der Waals surface area contributed by atoms with E-state index < -0.39 is 0 Å². The second-order valence-corrected chi connectivity index (χ2v) is 3.79. The summed E-state index contributed by atoms with van der Waals surface area (Å²) in [6, 6.07) is 3.75. The zero-order chi connectivity index (χ0) is 14.2. The molecule has 102 valence electrons. The lowest BCUT2D eigenvalue weighted by Crippen LogP contribution is -2.07. The van der Waals surface area contributed by atoms with E-state index in [1.54, 1.807) is 43.0 Å². The van der Waals surface area contributed by atoms with E-state index in [9.17, 15) is 4.79 Å². The number of carbonyl (C=O) groups is 1. The van der Waals surface area contributed by atoms with Gasteiger partial charge in [-0.25, -0.2) is 9.97 Å². The van der Waals surface area contributed by atoms with Crippen LogP contribution < -0.4 is 10.1 Å². The zero-order valence-corrected chi connectivity index (χ0v) is 11.0. The van der Waals surface area contributed by atoms with E-state index in [0.717, 1.165) is 5.56 Å². The molecular formula is C14H14N4O2. The molecule has 6 heteroatoms. The van der Waals surface area contributed by atoms with Crippen LogP contribution in [0.5, 0.6) is 6.01 Å². The second kappa shape index (κ2) is 6.98. The van der Waals surface area contributed by atoms with Crippen molar-refractivity contribution in [3.05, 3.63) is 48.6 Å². The lowest BCUT2D eigenvalue weighted by atomic mass is 10.3. The Morgan fingerprint density at radius 2 is 2.00 bits per heavy atom. The molecule has 0 aliphatic rings. The molecule has 0 fully saturated rings. The largest absolute Gasteiger partial charge is 0.464 e. The molecule has 1 amide bonds. The van der Waals surface area contributed by atoms with Gasteiger partial charge in [0, 0.05) is 42.1 Å². The van der Waals surface area contributed by atoms with Crippen LogP contribution in [0.4, 0.5) is 5.69 Å². The van der Waals surface area contributed by atoms with Gasteiger partial charge in [-0.3, -0.25) is 9.78 Å². The highest BCUT2D eigenvalue weighted by molar-refractivity contribution is 6.01. The summed E-state index contributed by atoms with van der Waals surface area (Å²) in [5.41, 5.74) is 1.41. The van der Waals surface area contributed by atoms with Crippen molar-refractivity contribution in [3.63, 3.8) is 0 Å². The van der Waals surface area contributed by atoms with Gasteiger partial charge in [0.25, 0.3) is 0 Å². The van der Waals surface area contributed by atoms with Gasteiger partial charge in [-0.1, -0.05) is 0 Å². The van der Waals surface area contributed by atoms with Crippen LogP contribution in [-0.4, -0.2) is 27.5 Å². The van der Waals surface area contributed by atoms with Gasteiger partial charge in [0.1, 0.15) is 0 Å². The van der Waals surface area contributed by atoms with Crippen molar-refractivity contribution in [2.45, 2.75) is 6.92 Å². The summed E-state index contributed by atoms with van der Waals surface area (Å²) in [7, 11) is 0. The Morgan fingerprint density at radius 3 is 2.65 bits per heavy atom. The summed E-state index contributed by atoms with van der Waals surface area (Å²) in [4.78, 5) is 23.6. The molecule has 6 nitrogen and oxygen atoms in total. The SMILES string of the molecule is CCOc1ncc(/C=C/C(=O)Nc2ccncc2)cn1. The predicted octanol–water partition coefficient (Wildman–Crippen LogP) is 1.92. The van der Waals surface area contributed by atoms with Crippen molar-refractivity contribution in [2.75, 3.05) is 11.9 Å². The van der Waals surface area contributed by atoms with Gasteiger partial charge < -0.3 is 10.1 Å². The summed E-state index contributed by atoms with van der Waals surface area (Å²) in [5.74, 6) is -0.231. The fraction of sp³-hybridized carbons (Fsp3) is 0.143. The van der Waals surface area contributed by atoms with Gasteiger partial charge in [-0.2, -0.15) is 0 Å². The normalized spacial score (nSPS) is 10.4. The van der Waals surface area contributed by atoms with Crippen molar-refractivity contribution in [1.29, 1.82) is 0 Å². The smallest absolute Gasteiger partial charge is 0.316 e. The number of aromatic nitrogens is 3. The van der Waals surface area contributed by atoms with Crippen LogP contribution in [0.2, 0.25) is 0 Å². The first-order valence-corrected chi connectivity index (χ1v) is 6.12. The average molecular weight is 270 g/mol. The highest BCUT2D eigenvalue weighted by atomic mass is 16.5. The summed E-state index contributed by atoms with van der Waals surface area (Å²) in [6.07, 6.45) is 9.45. The number of amides is 1. The van der Waals surface area contributed by atoms with Crippen molar-refractivity contribution in [2.24, 2.45) is 0 Å². The van der Waals surface area contributed by atoms with Crippen LogP contribution >= 0.6 is 0 Å². The molecule has 2 aromatic heterocycles. The number of hydrogen-bond acceptors (Lipinski definition) is 5. The standard InChI is InChI=1S/C14H14N4O2/c1-2-20-14-16-9-11(10-17-14)3-4-13(19)18-12-5-7-15-8-6-12/h3-10H,2H2,1H3,(H,15,18,19)/b4-3+. The Kier molecular flexibility index (Phi) is 4.77. The molecule has 0 aliphatic carbocycles. The van der Waals surface area contributed by atoms with Crippen LogP contribution in [-0.2, 0) is 4.79 Å². The monoisotopic (exact) mass is 270 g/mol. The van der Waals surface area contributed by atoms with E-state index in [2.05, 4.69) is 20.3 Å². The molecule has 0 atom stereocenters. The number of anilines is 1. The van der Waals surface area contributed by atoms with Gasteiger partial charge in [-0.15, -0.1) is 0 Å². The Labute approximate surface area is 116 Å². The van der Waals surface area contributed by atoms with Crippen molar-refractivity contribution in [3.8, 4) is 6.01 Å². The van der Waals surface area contributed by atoms with Gasteiger partial charge in [0.2, 0.25) is 5.91 Å². The van der Waals surface area contributed by atoms with E-state index >= 15 is 0 Å². The maximum absolute atomic E-state index is 11.7. The number of pyridine rings is 1. The molecule has 0 unspecified atom stereocenters. The minimum atomic E-state index is -0.231. The molecule has 0 aliphatic heterocycles. The third-order valence-corrected chi connectivity index (χ3v) is 2.30. The quantitative estimate of drug-likeness (QED) is 0.840. The number of nitrogens with zero attached hydrogens (tertiary/aromatic N) is 3. The van der Waals surface area contributed by atoms with Gasteiger partial charge in [0.05, 0.1) is 6.61 Å². The number of rotatable bonds is 5. The molecule has 0 radical (unpaired) electrons. The third-order valence-electron chi connectivity index (χ3n) is 2.30. The van der Waals surface area contributed by atoms with Gasteiger partial charge in [-0.05, 0) is 25.1 Å². The Morgan fingerprint density at radius 1 is 1.30 bits per heavy atom. The first kappa shape index (κ1) is 13.7. The molecule has 2 rings (SSSR count). The molecule has 20 heavy (non-hydrogen) atoms. The maximum atomic E-state index is 11.7. The van der Waals surface area contributed by atoms with E-state index in [4.69, 9.17) is 4.74 Å². The van der Waals surface area contributed by atoms with E-state index in [-0.39, 0.29) is 5.91 Å². The molecule has 0 bridgehead atoms. The summed E-state index contributed by atoms with van der Waals surface area (Å²) < 4.78 is 5.13. The van der Waals surface area contributed by atoms with Crippen LogP contribution in [0.15, 0.2) is 43.0 Å². The van der Waals surface area contributed by atoms with Crippen LogP contribution in [0.3, 0.4) is 0 Å². The van der Waals surface area contributed by atoms with Crippen LogP contribution in [0, 0.1) is 0 Å². The maximum Gasteiger partial charge on any atom is 0.316 e. The topological polar surface area (TPSA) is 77.0 Å². The van der Waals surface area contributed by atoms with Crippen molar-refractivity contribution in [1.82, 2.24) is 15.0 Å². The molecule has 0 aromatic carbocycles. The summed E-state index contributed by atoms with van der Waals surface area (Å²) in [5, 5.41) is 2.71. The van der Waals surface area contributed by atoms with E-state index in [1.165, 1.54) is 6.08 Å². The number of carbonyl (C=O) groups excluding carboxylic acids is 1. The summed E-state index contributed by atoms with van der Waals surface area (Å²) in [6.45, 7) is 2.38. The van der Waals surface area contributed by atoms with E-state index in [0.29, 0.717) is 18.3 Å². The lowest BCUT2D eigenvalue weighted by Gasteiger charge is -2.01. The average Bonchev–Trinajstić information content (AvgIpc) is 2.48. The van der Waals surface area contributed by atoms with Crippen molar-refractivity contribution >= 4 is 17.7 Å². The Balaban J connectivity index is 1.93. The minimum Gasteiger partial charge on any atom is -0.464 e. The molecular weight excluding hydrogens is 256 g/mol. The number of nitrogens with one attached hydrogen (secondary N) is 1. The molecule has 2 heterocycles. The molecule has 0 spiro atoms. The number of hydrogen-bond donors (Lipinski definition) is 1. The van der Waals surface area contributed by atoms with Crippen LogP contribution in [0.25, 0.3) is 6.08 Å². The van der Waals surface area contributed by atoms with Gasteiger partial charge in [0.15, 0.2) is 0 Å². The Bertz CT molecular complexity index is 582. The third kappa shape index (κ3) is 4.16. The van der Waals surface area contributed by atoms with Crippen molar-refractivity contribution < 1.29 is 9.53 Å². The first-order valence-electron chi connectivity index (χ1n) is 6.12. The zero-order valence-electron chi connectivity index (χ0n) is 11.0. The Hall–Kier alpha value is -2.76. The van der Waals surface area contributed by atoms with Gasteiger partial charge >= 0.3 is 6.01 Å². The molecule has 0 saturated heterocycles. The minimum absolute atomic E-state index is 0.231. The lowest BCUT2D eigenvalue weighted by molar-refractivity contribution is -0.111. The summed E-state index contributed by atoms with van der Waals surface area (Å²) >= 11 is 0. The van der Waals surface area contributed by atoms with Crippen LogP contribution in [0.1, 0.15) is 12.5 Å². The molecule has 1 N–H and O–H groups in total. The molecule has 0 saturated carbocycles. The van der Waals surface area contributed by atoms with E-state index in [1.807, 2.05) is 6.92 Å². The molecule has 2 aromatic rings.